The average Bonchev–Trinajstić information content (AvgIpc) is 2.78. The van der Waals surface area contributed by atoms with E-state index in [4.69, 9.17) is 5.73 Å². The molecule has 1 unspecified atom stereocenters. The summed E-state index contributed by atoms with van der Waals surface area (Å²) < 4.78 is 0. The third-order valence-corrected chi connectivity index (χ3v) is 3.65. The highest BCUT2D eigenvalue weighted by Crippen LogP contribution is 2.25. The minimum absolute atomic E-state index is 0.258. The normalized spacial score (nSPS) is 19.5. The summed E-state index contributed by atoms with van der Waals surface area (Å²) in [6.07, 6.45) is 1.08. The fourth-order valence-corrected chi connectivity index (χ4v) is 2.61. The van der Waals surface area contributed by atoms with E-state index in [1.54, 1.807) is 0 Å². The van der Waals surface area contributed by atoms with E-state index in [-0.39, 0.29) is 5.91 Å². The van der Waals surface area contributed by atoms with Gasteiger partial charge in [0.05, 0.1) is 6.54 Å². The van der Waals surface area contributed by atoms with Crippen molar-refractivity contribution in [3.05, 3.63) is 29.8 Å². The second-order valence-corrected chi connectivity index (χ2v) is 5.06. The Bertz CT molecular complexity index is 433. The minimum atomic E-state index is -0.258. The zero-order chi connectivity index (χ0) is 13.1. The lowest BCUT2D eigenvalue weighted by Crippen LogP contribution is -2.40. The minimum Gasteiger partial charge on any atom is -0.370 e. The molecule has 2 rings (SSSR count). The quantitative estimate of drug-likeness (QED) is 0.863. The standard InChI is InChI=1S/C14H21N3O/c1-11-5-3-4-6-13(11)17-8-7-12(9-17)16(2)10-14(15)18/h3-6,12H,7-10H2,1-2H3,(H2,15,18). The lowest BCUT2D eigenvalue weighted by molar-refractivity contribution is -0.119. The summed E-state index contributed by atoms with van der Waals surface area (Å²) in [6.45, 7) is 4.48. The molecule has 1 heterocycles. The molecule has 0 bridgehead atoms. The van der Waals surface area contributed by atoms with Crippen LogP contribution in [-0.4, -0.2) is 43.5 Å². The largest absolute Gasteiger partial charge is 0.370 e. The first kappa shape index (κ1) is 12.9. The zero-order valence-electron chi connectivity index (χ0n) is 11.1. The number of amides is 1. The number of para-hydroxylation sites is 1. The highest BCUT2D eigenvalue weighted by molar-refractivity contribution is 5.75. The molecule has 4 heteroatoms. The maximum absolute atomic E-state index is 10.9. The predicted octanol–water partition coefficient (Wildman–Crippen LogP) is 0.991. The maximum atomic E-state index is 10.9. The molecule has 1 amide bonds. The van der Waals surface area contributed by atoms with Gasteiger partial charge < -0.3 is 10.6 Å². The van der Waals surface area contributed by atoms with Gasteiger partial charge >= 0.3 is 0 Å². The topological polar surface area (TPSA) is 49.6 Å². The van der Waals surface area contributed by atoms with E-state index in [9.17, 15) is 4.79 Å². The fraction of sp³-hybridized carbons (Fsp3) is 0.500. The number of benzene rings is 1. The second-order valence-electron chi connectivity index (χ2n) is 5.06. The summed E-state index contributed by atoms with van der Waals surface area (Å²) in [7, 11) is 1.97. The van der Waals surface area contributed by atoms with Crippen molar-refractivity contribution in [3.8, 4) is 0 Å². The zero-order valence-corrected chi connectivity index (χ0v) is 11.1. The first-order valence-corrected chi connectivity index (χ1v) is 6.37. The van der Waals surface area contributed by atoms with Crippen LogP contribution in [0.25, 0.3) is 0 Å². The van der Waals surface area contributed by atoms with Crippen LogP contribution in [0.4, 0.5) is 5.69 Å². The van der Waals surface area contributed by atoms with Crippen molar-refractivity contribution in [1.82, 2.24) is 4.90 Å². The fourth-order valence-electron chi connectivity index (χ4n) is 2.61. The SMILES string of the molecule is Cc1ccccc1N1CCC(N(C)CC(N)=O)C1. The third kappa shape index (κ3) is 2.82. The van der Waals surface area contributed by atoms with Crippen LogP contribution in [0.3, 0.4) is 0 Å². The number of aryl methyl sites for hydroxylation is 1. The van der Waals surface area contributed by atoms with E-state index in [1.807, 2.05) is 7.05 Å². The molecule has 2 N–H and O–H groups in total. The molecule has 1 aliphatic heterocycles. The Morgan fingerprint density at radius 2 is 2.22 bits per heavy atom. The number of rotatable bonds is 4. The van der Waals surface area contributed by atoms with Crippen molar-refractivity contribution in [2.75, 3.05) is 31.6 Å². The van der Waals surface area contributed by atoms with Crippen molar-refractivity contribution in [2.45, 2.75) is 19.4 Å². The van der Waals surface area contributed by atoms with Crippen LogP contribution in [0.15, 0.2) is 24.3 Å². The van der Waals surface area contributed by atoms with Crippen LogP contribution >= 0.6 is 0 Å². The lowest BCUT2D eigenvalue weighted by Gasteiger charge is -2.25. The first-order chi connectivity index (χ1) is 8.58. The van der Waals surface area contributed by atoms with E-state index in [2.05, 4.69) is 41.0 Å². The first-order valence-electron chi connectivity index (χ1n) is 6.37. The predicted molar refractivity (Wildman–Crippen MR) is 73.6 cm³/mol. The smallest absolute Gasteiger partial charge is 0.231 e. The maximum Gasteiger partial charge on any atom is 0.231 e. The molecule has 0 spiro atoms. The monoisotopic (exact) mass is 247 g/mol. The van der Waals surface area contributed by atoms with Crippen LogP contribution in [0.2, 0.25) is 0 Å². The van der Waals surface area contributed by atoms with Crippen molar-refractivity contribution in [3.63, 3.8) is 0 Å². The number of nitrogens with zero attached hydrogens (tertiary/aromatic N) is 2. The second kappa shape index (κ2) is 5.40. The molecular weight excluding hydrogens is 226 g/mol. The molecule has 1 aliphatic rings. The summed E-state index contributed by atoms with van der Waals surface area (Å²) in [5, 5.41) is 0. The van der Waals surface area contributed by atoms with Gasteiger partial charge in [0.15, 0.2) is 0 Å². The van der Waals surface area contributed by atoms with Crippen LogP contribution in [0.5, 0.6) is 0 Å². The van der Waals surface area contributed by atoms with Crippen molar-refractivity contribution in [2.24, 2.45) is 5.73 Å². The lowest BCUT2D eigenvalue weighted by atomic mass is 10.2. The summed E-state index contributed by atoms with van der Waals surface area (Å²) in [6, 6.07) is 8.84. The summed E-state index contributed by atoms with van der Waals surface area (Å²) in [5.74, 6) is -0.258. The molecular formula is C14H21N3O. The van der Waals surface area contributed by atoms with E-state index in [0.717, 1.165) is 19.5 Å². The van der Waals surface area contributed by atoms with E-state index in [0.29, 0.717) is 12.6 Å². The van der Waals surface area contributed by atoms with Crippen molar-refractivity contribution in [1.29, 1.82) is 0 Å². The Labute approximate surface area is 108 Å². The van der Waals surface area contributed by atoms with Gasteiger partial charge in [-0.1, -0.05) is 18.2 Å². The molecule has 0 aliphatic carbocycles. The Hall–Kier alpha value is -1.55. The van der Waals surface area contributed by atoms with Gasteiger partial charge in [0.25, 0.3) is 0 Å². The summed E-state index contributed by atoms with van der Waals surface area (Å²) >= 11 is 0. The van der Waals surface area contributed by atoms with Crippen LogP contribution in [0.1, 0.15) is 12.0 Å². The Kier molecular flexibility index (Phi) is 3.87. The number of hydrogen-bond acceptors (Lipinski definition) is 3. The van der Waals surface area contributed by atoms with Crippen molar-refractivity contribution >= 4 is 11.6 Å². The molecule has 1 fully saturated rings. The van der Waals surface area contributed by atoms with E-state index < -0.39 is 0 Å². The number of likely N-dealkylation sites (N-methyl/N-ethyl adjacent to an activating group) is 1. The Morgan fingerprint density at radius 3 is 2.89 bits per heavy atom. The highest BCUT2D eigenvalue weighted by Gasteiger charge is 2.26. The third-order valence-electron chi connectivity index (χ3n) is 3.65. The number of carbonyl (C=O) groups is 1. The molecule has 18 heavy (non-hydrogen) atoms. The highest BCUT2D eigenvalue weighted by atomic mass is 16.1. The molecule has 98 valence electrons. The molecule has 1 saturated heterocycles. The average molecular weight is 247 g/mol. The molecule has 0 saturated carbocycles. The Balaban J connectivity index is 2.00. The number of primary amides is 1. The van der Waals surface area contributed by atoms with Gasteiger partial charge in [-0.25, -0.2) is 0 Å². The number of anilines is 1. The van der Waals surface area contributed by atoms with Gasteiger partial charge in [-0.15, -0.1) is 0 Å². The molecule has 0 aromatic heterocycles. The molecule has 0 radical (unpaired) electrons. The van der Waals surface area contributed by atoms with E-state index in [1.165, 1.54) is 11.3 Å². The number of hydrogen-bond donors (Lipinski definition) is 1. The Morgan fingerprint density at radius 1 is 1.50 bits per heavy atom. The molecule has 1 aromatic rings. The van der Waals surface area contributed by atoms with Gasteiger partial charge in [0.1, 0.15) is 0 Å². The van der Waals surface area contributed by atoms with Crippen molar-refractivity contribution < 1.29 is 4.79 Å². The van der Waals surface area contributed by atoms with Gasteiger partial charge in [0, 0.05) is 24.8 Å². The number of carbonyl (C=O) groups excluding carboxylic acids is 1. The van der Waals surface area contributed by atoms with Crippen LogP contribution in [-0.2, 0) is 4.79 Å². The van der Waals surface area contributed by atoms with Gasteiger partial charge in [-0.05, 0) is 32.0 Å². The summed E-state index contributed by atoms with van der Waals surface area (Å²) in [5.41, 5.74) is 7.84. The molecule has 4 nitrogen and oxygen atoms in total. The van der Waals surface area contributed by atoms with Gasteiger partial charge in [-0.3, -0.25) is 9.69 Å². The summed E-state index contributed by atoms with van der Waals surface area (Å²) in [4.78, 5) is 15.4. The molecule has 1 atom stereocenters. The van der Waals surface area contributed by atoms with Gasteiger partial charge in [-0.2, -0.15) is 0 Å². The van der Waals surface area contributed by atoms with E-state index >= 15 is 0 Å². The number of nitrogens with two attached hydrogens (primary N) is 1. The van der Waals surface area contributed by atoms with Crippen LogP contribution in [0, 0.1) is 6.92 Å². The van der Waals surface area contributed by atoms with Crippen LogP contribution < -0.4 is 10.6 Å². The molecule has 1 aromatic carbocycles. The van der Waals surface area contributed by atoms with Gasteiger partial charge in [0.2, 0.25) is 5.91 Å².